The van der Waals surface area contributed by atoms with Gasteiger partial charge in [0.15, 0.2) is 0 Å². The van der Waals surface area contributed by atoms with Crippen LogP contribution in [0.1, 0.15) is 42.6 Å². The van der Waals surface area contributed by atoms with E-state index in [1.807, 2.05) is 13.8 Å². The lowest BCUT2D eigenvalue weighted by Gasteiger charge is -2.17. The number of ether oxygens (including phenoxy) is 1. The molecule has 1 rings (SSSR count). The molecule has 0 aliphatic carbocycles. The molecule has 0 spiro atoms. The van der Waals surface area contributed by atoms with E-state index >= 15 is 0 Å². The number of benzene rings is 1. The largest absolute Gasteiger partial charge is 0.493 e. The zero-order valence-corrected chi connectivity index (χ0v) is 11.0. The minimum Gasteiger partial charge on any atom is -0.493 e. The molecule has 0 aromatic heterocycles. The summed E-state index contributed by atoms with van der Waals surface area (Å²) >= 11 is 0. The average Bonchev–Trinajstić information content (AvgIpc) is 2.35. The van der Waals surface area contributed by atoms with Gasteiger partial charge < -0.3 is 4.74 Å². The highest BCUT2D eigenvalue weighted by molar-refractivity contribution is 5.75. The molecule has 0 aliphatic heterocycles. The lowest BCUT2D eigenvalue weighted by atomic mass is 10.1. The highest BCUT2D eigenvalue weighted by Gasteiger charge is 2.34. The topological polar surface area (TPSA) is 26.3 Å². The summed E-state index contributed by atoms with van der Waals surface area (Å²) in [6.07, 6.45) is -2.28. The molecule has 19 heavy (non-hydrogen) atoms. The zero-order valence-electron chi connectivity index (χ0n) is 11.0. The number of carbonyl (C=O) groups is 1. The minimum atomic E-state index is -4.53. The first-order valence-electron chi connectivity index (χ1n) is 6.17. The Morgan fingerprint density at radius 3 is 2.58 bits per heavy atom. The van der Waals surface area contributed by atoms with Crippen molar-refractivity contribution in [2.24, 2.45) is 5.92 Å². The van der Waals surface area contributed by atoms with Crippen LogP contribution in [0.2, 0.25) is 0 Å². The number of alkyl halides is 3. The molecule has 5 heteroatoms. The fourth-order valence-electron chi connectivity index (χ4n) is 1.78. The molecular formula is C14H17F3O2. The van der Waals surface area contributed by atoms with E-state index in [0.29, 0.717) is 6.29 Å². The van der Waals surface area contributed by atoms with Gasteiger partial charge in [0.2, 0.25) is 0 Å². The van der Waals surface area contributed by atoms with Gasteiger partial charge in [-0.15, -0.1) is 0 Å². The maximum absolute atomic E-state index is 12.8. The van der Waals surface area contributed by atoms with Crippen molar-refractivity contribution in [2.75, 3.05) is 6.61 Å². The molecule has 0 fully saturated rings. The van der Waals surface area contributed by atoms with Crippen LogP contribution in [0.25, 0.3) is 0 Å². The highest BCUT2D eigenvalue weighted by Crippen LogP contribution is 2.36. The van der Waals surface area contributed by atoms with Gasteiger partial charge in [0.25, 0.3) is 0 Å². The van der Waals surface area contributed by atoms with Crippen LogP contribution >= 0.6 is 0 Å². The van der Waals surface area contributed by atoms with Crippen molar-refractivity contribution in [3.8, 4) is 5.75 Å². The number of carbonyl (C=O) groups excluding carboxylic acids is 1. The van der Waals surface area contributed by atoms with E-state index in [0.717, 1.165) is 18.9 Å². The van der Waals surface area contributed by atoms with E-state index in [1.54, 1.807) is 0 Å². The van der Waals surface area contributed by atoms with Crippen LogP contribution < -0.4 is 4.74 Å². The number of halogens is 3. The van der Waals surface area contributed by atoms with E-state index in [1.165, 1.54) is 12.1 Å². The molecule has 1 aromatic rings. The maximum Gasteiger partial charge on any atom is 0.419 e. The van der Waals surface area contributed by atoms with Crippen LogP contribution in [0.15, 0.2) is 18.2 Å². The van der Waals surface area contributed by atoms with E-state index in [4.69, 9.17) is 4.74 Å². The van der Waals surface area contributed by atoms with Gasteiger partial charge in [-0.1, -0.05) is 20.3 Å². The number of aldehydes is 1. The Bertz CT molecular complexity index is 427. The predicted molar refractivity (Wildman–Crippen MR) is 66.4 cm³/mol. The molecule has 0 saturated carbocycles. The van der Waals surface area contributed by atoms with E-state index in [2.05, 4.69) is 0 Å². The first-order chi connectivity index (χ1) is 8.88. The van der Waals surface area contributed by atoms with E-state index in [-0.39, 0.29) is 23.8 Å². The van der Waals surface area contributed by atoms with Crippen molar-refractivity contribution >= 4 is 6.29 Å². The SMILES string of the molecule is CCCC(C)COc1ccc(C=O)cc1C(F)(F)F. The van der Waals surface area contributed by atoms with Gasteiger partial charge in [-0.05, 0) is 30.5 Å². The summed E-state index contributed by atoms with van der Waals surface area (Å²) < 4.78 is 43.8. The molecule has 0 heterocycles. The van der Waals surface area contributed by atoms with E-state index < -0.39 is 11.7 Å². The minimum absolute atomic E-state index is 0.0127. The fraction of sp³-hybridized carbons (Fsp3) is 0.500. The Morgan fingerprint density at radius 1 is 1.37 bits per heavy atom. The van der Waals surface area contributed by atoms with Crippen molar-refractivity contribution < 1.29 is 22.7 Å². The summed E-state index contributed by atoms with van der Waals surface area (Å²) in [4.78, 5) is 10.5. The second-order valence-electron chi connectivity index (χ2n) is 4.58. The molecule has 0 radical (unpaired) electrons. The number of rotatable bonds is 6. The Morgan fingerprint density at radius 2 is 2.05 bits per heavy atom. The third kappa shape index (κ3) is 4.58. The van der Waals surface area contributed by atoms with Crippen LogP contribution in [-0.4, -0.2) is 12.9 Å². The zero-order chi connectivity index (χ0) is 14.5. The standard InChI is InChI=1S/C14H17F3O2/c1-3-4-10(2)9-19-13-6-5-11(8-18)7-12(13)14(15,16)17/h5-8,10H,3-4,9H2,1-2H3. The summed E-state index contributed by atoms with van der Waals surface area (Å²) in [6, 6.07) is 3.33. The van der Waals surface area contributed by atoms with Crippen LogP contribution in [0.4, 0.5) is 13.2 Å². The summed E-state index contributed by atoms with van der Waals surface area (Å²) in [5.74, 6) is -0.0297. The molecule has 1 aromatic carbocycles. The third-order valence-corrected chi connectivity index (χ3v) is 2.75. The summed E-state index contributed by atoms with van der Waals surface area (Å²) in [7, 11) is 0. The van der Waals surface area contributed by atoms with Crippen molar-refractivity contribution in [1.29, 1.82) is 0 Å². The van der Waals surface area contributed by atoms with Gasteiger partial charge >= 0.3 is 6.18 Å². The molecule has 2 nitrogen and oxygen atoms in total. The van der Waals surface area contributed by atoms with Gasteiger partial charge in [0.05, 0.1) is 12.2 Å². The van der Waals surface area contributed by atoms with Crippen molar-refractivity contribution in [1.82, 2.24) is 0 Å². The maximum atomic E-state index is 12.8. The molecule has 0 N–H and O–H groups in total. The third-order valence-electron chi connectivity index (χ3n) is 2.75. The first-order valence-corrected chi connectivity index (χ1v) is 6.17. The summed E-state index contributed by atoms with van der Waals surface area (Å²) in [5, 5.41) is 0. The van der Waals surface area contributed by atoms with Gasteiger partial charge in [-0.3, -0.25) is 4.79 Å². The Labute approximate surface area is 110 Å². The van der Waals surface area contributed by atoms with Gasteiger partial charge in [0.1, 0.15) is 12.0 Å². The molecule has 106 valence electrons. The van der Waals surface area contributed by atoms with Crippen molar-refractivity contribution in [3.05, 3.63) is 29.3 Å². The molecule has 0 amide bonds. The lowest BCUT2D eigenvalue weighted by molar-refractivity contribution is -0.139. The summed E-state index contributed by atoms with van der Waals surface area (Å²) in [6.45, 7) is 4.17. The number of hydrogen-bond acceptors (Lipinski definition) is 2. The monoisotopic (exact) mass is 274 g/mol. The quantitative estimate of drug-likeness (QED) is 0.721. The Balaban J connectivity index is 2.90. The fourth-order valence-corrected chi connectivity index (χ4v) is 1.78. The van der Waals surface area contributed by atoms with Crippen LogP contribution in [-0.2, 0) is 6.18 Å². The molecular weight excluding hydrogens is 257 g/mol. The number of hydrogen-bond donors (Lipinski definition) is 0. The molecule has 0 bridgehead atoms. The predicted octanol–water partition coefficient (Wildman–Crippen LogP) is 4.33. The van der Waals surface area contributed by atoms with Crippen molar-refractivity contribution in [2.45, 2.75) is 32.9 Å². The lowest BCUT2D eigenvalue weighted by Crippen LogP contribution is -2.13. The highest BCUT2D eigenvalue weighted by atomic mass is 19.4. The van der Waals surface area contributed by atoms with Crippen LogP contribution in [0, 0.1) is 5.92 Å². The van der Waals surface area contributed by atoms with Gasteiger partial charge in [-0.2, -0.15) is 13.2 Å². The second kappa shape index (κ2) is 6.59. The second-order valence-corrected chi connectivity index (χ2v) is 4.58. The first kappa shape index (κ1) is 15.5. The molecule has 0 aliphatic rings. The normalized spacial score (nSPS) is 13.1. The molecule has 1 unspecified atom stereocenters. The summed E-state index contributed by atoms with van der Waals surface area (Å²) in [5.41, 5.74) is -0.915. The molecule has 1 atom stereocenters. The average molecular weight is 274 g/mol. The Hall–Kier alpha value is -1.52. The van der Waals surface area contributed by atoms with Crippen LogP contribution in [0.5, 0.6) is 5.75 Å². The van der Waals surface area contributed by atoms with Gasteiger partial charge in [-0.25, -0.2) is 0 Å². The smallest absolute Gasteiger partial charge is 0.419 e. The van der Waals surface area contributed by atoms with Crippen LogP contribution in [0.3, 0.4) is 0 Å². The molecule has 0 saturated heterocycles. The van der Waals surface area contributed by atoms with Crippen molar-refractivity contribution in [3.63, 3.8) is 0 Å². The van der Waals surface area contributed by atoms with Gasteiger partial charge in [0, 0.05) is 5.56 Å². The Kier molecular flexibility index (Phi) is 5.39. The van der Waals surface area contributed by atoms with E-state index in [9.17, 15) is 18.0 Å².